The largest absolute Gasteiger partial charge is 0.486 e. The first-order valence-electron chi connectivity index (χ1n) is 7.96. The number of benzene rings is 1. The smallest absolute Gasteiger partial charge is 0.324 e. The fourth-order valence-electron chi connectivity index (χ4n) is 3.28. The Bertz CT molecular complexity index is 824. The van der Waals surface area contributed by atoms with E-state index in [4.69, 9.17) is 9.47 Å². The van der Waals surface area contributed by atoms with E-state index in [1.807, 2.05) is 0 Å². The Morgan fingerprint density at radius 2 is 1.88 bits per heavy atom. The van der Waals surface area contributed by atoms with Crippen molar-refractivity contribution in [1.82, 2.24) is 14.5 Å². The predicted molar refractivity (Wildman–Crippen MR) is 84.8 cm³/mol. The SMILES string of the molecule is O=C1CNC(=O)N1C1CCN(S(=O)(=O)c2ccc3c(c2)OCCO3)C1. The standard InChI is InChI=1S/C15H17N3O6S/c19-14-8-16-15(20)18(14)10-3-4-17(9-10)25(21,22)11-1-2-12-13(7-11)24-6-5-23-12/h1-2,7,10H,3-6,8-9H2,(H,16,20). The molecule has 3 heterocycles. The molecule has 134 valence electrons. The van der Waals surface area contributed by atoms with Gasteiger partial charge >= 0.3 is 6.03 Å². The van der Waals surface area contributed by atoms with Crippen molar-refractivity contribution >= 4 is 22.0 Å². The van der Waals surface area contributed by atoms with Crippen LogP contribution in [0.4, 0.5) is 4.79 Å². The maximum absolute atomic E-state index is 12.9. The maximum atomic E-state index is 12.9. The monoisotopic (exact) mass is 367 g/mol. The molecule has 10 heteroatoms. The second kappa shape index (κ2) is 5.88. The first-order valence-corrected chi connectivity index (χ1v) is 9.40. The van der Waals surface area contributed by atoms with Crippen LogP contribution < -0.4 is 14.8 Å². The molecule has 1 aromatic rings. The van der Waals surface area contributed by atoms with E-state index in [2.05, 4.69) is 5.32 Å². The highest BCUT2D eigenvalue weighted by Gasteiger charge is 2.42. The molecule has 2 saturated heterocycles. The Hall–Kier alpha value is -2.33. The van der Waals surface area contributed by atoms with E-state index >= 15 is 0 Å². The third kappa shape index (κ3) is 2.71. The van der Waals surface area contributed by atoms with E-state index in [1.54, 1.807) is 6.07 Å². The summed E-state index contributed by atoms with van der Waals surface area (Å²) in [6, 6.07) is 3.59. The van der Waals surface area contributed by atoms with E-state index in [-0.39, 0.29) is 30.4 Å². The van der Waals surface area contributed by atoms with Gasteiger partial charge in [-0.15, -0.1) is 0 Å². The number of carbonyl (C=O) groups excluding carboxylic acids is 2. The molecule has 2 fully saturated rings. The molecule has 0 radical (unpaired) electrons. The van der Waals surface area contributed by atoms with Gasteiger partial charge in [-0.1, -0.05) is 0 Å². The van der Waals surface area contributed by atoms with Crippen molar-refractivity contribution in [1.29, 1.82) is 0 Å². The van der Waals surface area contributed by atoms with Gasteiger partial charge in [0.2, 0.25) is 15.9 Å². The topological polar surface area (TPSA) is 105 Å². The van der Waals surface area contributed by atoms with Gasteiger partial charge in [-0.25, -0.2) is 13.2 Å². The second-order valence-electron chi connectivity index (χ2n) is 6.03. The van der Waals surface area contributed by atoms with Gasteiger partial charge in [-0.3, -0.25) is 9.69 Å². The molecule has 0 spiro atoms. The van der Waals surface area contributed by atoms with Crippen molar-refractivity contribution in [3.8, 4) is 11.5 Å². The molecule has 1 N–H and O–H groups in total. The minimum Gasteiger partial charge on any atom is -0.486 e. The summed E-state index contributed by atoms with van der Waals surface area (Å²) in [7, 11) is -3.74. The highest BCUT2D eigenvalue weighted by atomic mass is 32.2. The van der Waals surface area contributed by atoms with E-state index in [1.165, 1.54) is 16.4 Å². The van der Waals surface area contributed by atoms with Crippen LogP contribution in [0.5, 0.6) is 11.5 Å². The van der Waals surface area contributed by atoms with Crippen LogP contribution in [-0.4, -0.2) is 68.5 Å². The van der Waals surface area contributed by atoms with Gasteiger partial charge in [0.15, 0.2) is 11.5 Å². The summed E-state index contributed by atoms with van der Waals surface area (Å²) in [5.41, 5.74) is 0. The van der Waals surface area contributed by atoms with Crippen LogP contribution in [0.25, 0.3) is 0 Å². The molecule has 0 saturated carbocycles. The lowest BCUT2D eigenvalue weighted by atomic mass is 10.2. The summed E-state index contributed by atoms with van der Waals surface area (Å²) in [4.78, 5) is 24.8. The van der Waals surface area contributed by atoms with Crippen molar-refractivity contribution in [2.75, 3.05) is 32.8 Å². The van der Waals surface area contributed by atoms with Crippen LogP contribution in [-0.2, 0) is 14.8 Å². The zero-order chi connectivity index (χ0) is 17.6. The number of nitrogens with one attached hydrogen (secondary N) is 1. The summed E-state index contributed by atoms with van der Waals surface area (Å²) >= 11 is 0. The normalized spacial score (nSPS) is 23.8. The average molecular weight is 367 g/mol. The molecule has 1 unspecified atom stereocenters. The summed E-state index contributed by atoms with van der Waals surface area (Å²) in [5, 5.41) is 2.45. The molecule has 0 aliphatic carbocycles. The highest BCUT2D eigenvalue weighted by molar-refractivity contribution is 7.89. The first kappa shape index (κ1) is 16.2. The van der Waals surface area contributed by atoms with Crippen molar-refractivity contribution in [2.45, 2.75) is 17.4 Å². The minimum absolute atomic E-state index is 0.0375. The summed E-state index contributed by atoms with van der Waals surface area (Å²) in [6.07, 6.45) is 0.420. The quantitative estimate of drug-likeness (QED) is 0.740. The number of sulfonamides is 1. The van der Waals surface area contributed by atoms with Crippen LogP contribution in [0.1, 0.15) is 6.42 Å². The number of hydrogen-bond donors (Lipinski definition) is 1. The van der Waals surface area contributed by atoms with Crippen LogP contribution >= 0.6 is 0 Å². The Morgan fingerprint density at radius 1 is 1.12 bits per heavy atom. The minimum atomic E-state index is -3.74. The molecule has 1 aromatic carbocycles. The van der Waals surface area contributed by atoms with Crippen molar-refractivity contribution < 1.29 is 27.5 Å². The molecule has 0 bridgehead atoms. The second-order valence-corrected chi connectivity index (χ2v) is 7.97. The fraction of sp³-hybridized carbons (Fsp3) is 0.467. The number of hydrogen-bond acceptors (Lipinski definition) is 6. The van der Waals surface area contributed by atoms with Crippen LogP contribution in [0.3, 0.4) is 0 Å². The third-order valence-corrected chi connectivity index (χ3v) is 6.38. The average Bonchev–Trinajstić information content (AvgIpc) is 3.21. The van der Waals surface area contributed by atoms with Gasteiger partial charge in [0, 0.05) is 19.2 Å². The lowest BCUT2D eigenvalue weighted by Crippen LogP contribution is -2.42. The molecule has 3 aliphatic rings. The lowest BCUT2D eigenvalue weighted by molar-refractivity contribution is -0.126. The summed E-state index contributed by atoms with van der Waals surface area (Å²) in [6.45, 7) is 1.10. The zero-order valence-corrected chi connectivity index (χ0v) is 14.1. The number of ether oxygens (including phenoxy) is 2. The Balaban J connectivity index is 1.55. The van der Waals surface area contributed by atoms with Crippen molar-refractivity contribution in [2.24, 2.45) is 0 Å². The van der Waals surface area contributed by atoms with Crippen molar-refractivity contribution in [3.05, 3.63) is 18.2 Å². The van der Waals surface area contributed by atoms with E-state index in [9.17, 15) is 18.0 Å². The molecule has 3 amide bonds. The van der Waals surface area contributed by atoms with E-state index in [0.29, 0.717) is 31.1 Å². The van der Waals surface area contributed by atoms with Crippen LogP contribution in [0, 0.1) is 0 Å². The van der Waals surface area contributed by atoms with Crippen LogP contribution in [0.2, 0.25) is 0 Å². The van der Waals surface area contributed by atoms with Gasteiger partial charge in [0.25, 0.3) is 0 Å². The zero-order valence-electron chi connectivity index (χ0n) is 13.3. The molecular formula is C15H17N3O6S. The number of rotatable bonds is 3. The molecule has 25 heavy (non-hydrogen) atoms. The van der Waals surface area contributed by atoms with Crippen molar-refractivity contribution in [3.63, 3.8) is 0 Å². The molecular weight excluding hydrogens is 350 g/mol. The predicted octanol–water partition coefficient (Wildman–Crippen LogP) is -0.227. The molecule has 0 aromatic heterocycles. The lowest BCUT2D eigenvalue weighted by Gasteiger charge is -2.22. The van der Waals surface area contributed by atoms with E-state index in [0.717, 1.165) is 4.90 Å². The van der Waals surface area contributed by atoms with Gasteiger partial charge < -0.3 is 14.8 Å². The maximum Gasteiger partial charge on any atom is 0.324 e. The van der Waals surface area contributed by atoms with E-state index < -0.39 is 22.1 Å². The number of urea groups is 1. The fourth-order valence-corrected chi connectivity index (χ4v) is 4.79. The summed E-state index contributed by atoms with van der Waals surface area (Å²) in [5.74, 6) is 0.592. The highest BCUT2D eigenvalue weighted by Crippen LogP contribution is 2.34. The summed E-state index contributed by atoms with van der Waals surface area (Å²) < 4.78 is 37.9. The number of carbonyl (C=O) groups is 2. The number of imide groups is 1. The Morgan fingerprint density at radius 3 is 2.60 bits per heavy atom. The number of fused-ring (bicyclic) bond motifs is 1. The Kier molecular flexibility index (Phi) is 3.80. The number of nitrogens with zero attached hydrogens (tertiary/aromatic N) is 2. The van der Waals surface area contributed by atoms with Gasteiger partial charge in [0.05, 0.1) is 17.5 Å². The third-order valence-electron chi connectivity index (χ3n) is 4.52. The molecule has 9 nitrogen and oxygen atoms in total. The van der Waals surface area contributed by atoms with Crippen LogP contribution in [0.15, 0.2) is 23.1 Å². The van der Waals surface area contributed by atoms with Gasteiger partial charge in [0.1, 0.15) is 13.2 Å². The first-order chi connectivity index (χ1) is 12.0. The number of amides is 3. The molecule has 1 atom stereocenters. The molecule has 4 rings (SSSR count). The Labute approximate surface area is 144 Å². The molecule has 3 aliphatic heterocycles. The van der Waals surface area contributed by atoms with Gasteiger partial charge in [-0.2, -0.15) is 4.31 Å². The van der Waals surface area contributed by atoms with Gasteiger partial charge in [-0.05, 0) is 18.6 Å².